The second-order valence-corrected chi connectivity index (χ2v) is 7.59. The lowest BCUT2D eigenvalue weighted by Gasteiger charge is -2.28. The third kappa shape index (κ3) is 5.08. The quantitative estimate of drug-likeness (QED) is 0.459. The molecular weight excluding hydrogens is 354 g/mol. The van der Waals surface area contributed by atoms with E-state index in [-0.39, 0.29) is 17.6 Å². The van der Waals surface area contributed by atoms with Gasteiger partial charge in [0.1, 0.15) is 11.6 Å². The molecule has 0 N–H and O–H groups in total. The Labute approximate surface area is 167 Å². The summed E-state index contributed by atoms with van der Waals surface area (Å²) in [4.78, 5) is 0. The van der Waals surface area contributed by atoms with Gasteiger partial charge in [0.15, 0.2) is 0 Å². The van der Waals surface area contributed by atoms with Crippen molar-refractivity contribution in [2.75, 3.05) is 6.61 Å². The molecule has 2 aromatic rings. The van der Waals surface area contributed by atoms with Crippen LogP contribution in [0.5, 0.6) is 0 Å². The molecule has 3 rings (SSSR count). The number of hydrogen-bond acceptors (Lipinski definition) is 1. The number of halogens is 2. The number of aryl methyl sites for hydroxylation is 1. The van der Waals surface area contributed by atoms with E-state index in [0.29, 0.717) is 17.2 Å². The Bertz CT molecular complexity index is 804. The molecular formula is C25H30F2O. The number of allylic oxidation sites excluding steroid dienone is 2. The largest absolute Gasteiger partial charge is 0.379 e. The first kappa shape index (κ1) is 20.7. The Balaban J connectivity index is 1.72. The van der Waals surface area contributed by atoms with Gasteiger partial charge < -0.3 is 4.74 Å². The maximum absolute atomic E-state index is 14.8. The van der Waals surface area contributed by atoms with Gasteiger partial charge in [-0.15, -0.1) is 0 Å². The summed E-state index contributed by atoms with van der Waals surface area (Å²) in [6, 6.07) is 10.5. The number of rotatable bonds is 7. The molecule has 1 saturated carbocycles. The lowest BCUT2D eigenvalue weighted by Crippen LogP contribution is -2.21. The maximum atomic E-state index is 14.8. The third-order valence-electron chi connectivity index (χ3n) is 5.70. The minimum Gasteiger partial charge on any atom is -0.379 e. The van der Waals surface area contributed by atoms with Crippen molar-refractivity contribution in [3.63, 3.8) is 0 Å². The number of benzene rings is 2. The van der Waals surface area contributed by atoms with Crippen LogP contribution in [0.2, 0.25) is 0 Å². The lowest BCUT2D eigenvalue weighted by molar-refractivity contribution is 0.0326. The predicted octanol–water partition coefficient (Wildman–Crippen LogP) is 7.20. The van der Waals surface area contributed by atoms with E-state index in [2.05, 4.69) is 6.08 Å². The summed E-state index contributed by atoms with van der Waals surface area (Å²) in [6.45, 7) is 4.73. The van der Waals surface area contributed by atoms with Crippen LogP contribution in [-0.2, 0) is 11.2 Å². The zero-order valence-electron chi connectivity index (χ0n) is 16.9. The van der Waals surface area contributed by atoms with Gasteiger partial charge in [0.05, 0.1) is 6.10 Å². The standard InChI is InChI=1S/C25H30F2O/c1-3-5-6-7-18-8-14-23(24(26)16-18)20-11-15-22(25(27)17-20)19-9-12-21(13-10-19)28-4-2/h3,5,8,11,14-17,19,21H,4,6-7,9-10,12-13H2,1-2H3/b5-3+. The molecule has 0 spiro atoms. The van der Waals surface area contributed by atoms with Crippen LogP contribution in [-0.4, -0.2) is 12.7 Å². The molecule has 28 heavy (non-hydrogen) atoms. The van der Waals surface area contributed by atoms with Crippen molar-refractivity contribution in [3.05, 3.63) is 71.3 Å². The summed E-state index contributed by atoms with van der Waals surface area (Å²) in [6.07, 6.45) is 9.91. The van der Waals surface area contributed by atoms with E-state index in [1.807, 2.05) is 38.1 Å². The highest BCUT2D eigenvalue weighted by Crippen LogP contribution is 2.36. The fourth-order valence-corrected chi connectivity index (χ4v) is 4.17. The summed E-state index contributed by atoms with van der Waals surface area (Å²) in [5.74, 6) is -0.291. The Morgan fingerprint density at radius 1 is 1.00 bits per heavy atom. The van der Waals surface area contributed by atoms with Crippen LogP contribution in [0.25, 0.3) is 11.1 Å². The van der Waals surface area contributed by atoms with E-state index in [9.17, 15) is 8.78 Å². The van der Waals surface area contributed by atoms with E-state index < -0.39 is 0 Å². The van der Waals surface area contributed by atoms with E-state index in [4.69, 9.17) is 4.74 Å². The van der Waals surface area contributed by atoms with Crippen LogP contribution in [0, 0.1) is 11.6 Å². The highest BCUT2D eigenvalue weighted by Gasteiger charge is 2.24. The van der Waals surface area contributed by atoms with Gasteiger partial charge >= 0.3 is 0 Å². The fraction of sp³-hybridized carbons (Fsp3) is 0.440. The minimum absolute atomic E-state index is 0.226. The third-order valence-corrected chi connectivity index (χ3v) is 5.70. The number of hydrogen-bond donors (Lipinski definition) is 0. The molecule has 0 aliphatic heterocycles. The Morgan fingerprint density at radius 3 is 2.43 bits per heavy atom. The average molecular weight is 385 g/mol. The smallest absolute Gasteiger partial charge is 0.131 e. The van der Waals surface area contributed by atoms with Crippen molar-refractivity contribution in [1.82, 2.24) is 0 Å². The van der Waals surface area contributed by atoms with Crippen LogP contribution in [0.1, 0.15) is 63.0 Å². The van der Waals surface area contributed by atoms with E-state index in [1.165, 1.54) is 6.07 Å². The van der Waals surface area contributed by atoms with Gasteiger partial charge in [-0.1, -0.05) is 36.4 Å². The van der Waals surface area contributed by atoms with E-state index >= 15 is 0 Å². The van der Waals surface area contributed by atoms with Crippen molar-refractivity contribution >= 4 is 0 Å². The summed E-state index contributed by atoms with van der Waals surface area (Å²) < 4.78 is 35.1. The second-order valence-electron chi connectivity index (χ2n) is 7.59. The summed E-state index contributed by atoms with van der Waals surface area (Å²) in [5.41, 5.74) is 2.77. The monoisotopic (exact) mass is 384 g/mol. The highest BCUT2D eigenvalue weighted by atomic mass is 19.1. The summed E-state index contributed by atoms with van der Waals surface area (Å²) in [7, 11) is 0. The molecule has 3 heteroatoms. The van der Waals surface area contributed by atoms with Gasteiger partial charge in [-0.3, -0.25) is 0 Å². The molecule has 1 fully saturated rings. The van der Waals surface area contributed by atoms with Crippen LogP contribution in [0.3, 0.4) is 0 Å². The Hall–Kier alpha value is -2.00. The molecule has 0 saturated heterocycles. The van der Waals surface area contributed by atoms with Gasteiger partial charge in [0.25, 0.3) is 0 Å². The number of ether oxygens (including phenoxy) is 1. The van der Waals surface area contributed by atoms with Crippen LogP contribution < -0.4 is 0 Å². The molecule has 150 valence electrons. The first-order valence-corrected chi connectivity index (χ1v) is 10.4. The van der Waals surface area contributed by atoms with Gasteiger partial charge in [-0.25, -0.2) is 8.78 Å². The molecule has 0 unspecified atom stereocenters. The second kappa shape index (κ2) is 9.97. The zero-order valence-corrected chi connectivity index (χ0v) is 16.9. The summed E-state index contributed by atoms with van der Waals surface area (Å²) in [5, 5.41) is 0. The molecule has 0 aromatic heterocycles. The minimum atomic E-state index is -0.289. The van der Waals surface area contributed by atoms with Crippen molar-refractivity contribution in [3.8, 4) is 11.1 Å². The van der Waals surface area contributed by atoms with Gasteiger partial charge in [-0.2, -0.15) is 0 Å². The summed E-state index contributed by atoms with van der Waals surface area (Å²) >= 11 is 0. The van der Waals surface area contributed by atoms with Crippen molar-refractivity contribution in [2.45, 2.75) is 64.4 Å². The average Bonchev–Trinajstić information content (AvgIpc) is 2.69. The van der Waals surface area contributed by atoms with E-state index in [0.717, 1.165) is 56.3 Å². The predicted molar refractivity (Wildman–Crippen MR) is 112 cm³/mol. The topological polar surface area (TPSA) is 9.23 Å². The molecule has 1 aliphatic rings. The normalized spacial score (nSPS) is 20.0. The van der Waals surface area contributed by atoms with Crippen molar-refractivity contribution in [1.29, 1.82) is 0 Å². The molecule has 2 aromatic carbocycles. The molecule has 0 bridgehead atoms. The van der Waals surface area contributed by atoms with Gasteiger partial charge in [0, 0.05) is 12.2 Å². The van der Waals surface area contributed by atoms with Crippen molar-refractivity contribution in [2.24, 2.45) is 0 Å². The van der Waals surface area contributed by atoms with Crippen LogP contribution >= 0.6 is 0 Å². The first-order valence-electron chi connectivity index (χ1n) is 10.4. The molecule has 0 heterocycles. The Morgan fingerprint density at radius 2 is 1.79 bits per heavy atom. The molecule has 0 radical (unpaired) electrons. The maximum Gasteiger partial charge on any atom is 0.131 e. The van der Waals surface area contributed by atoms with Gasteiger partial charge in [-0.05, 0) is 87.1 Å². The Kier molecular flexibility index (Phi) is 7.38. The van der Waals surface area contributed by atoms with Crippen LogP contribution in [0.15, 0.2) is 48.6 Å². The van der Waals surface area contributed by atoms with E-state index in [1.54, 1.807) is 12.1 Å². The zero-order chi connectivity index (χ0) is 19.9. The lowest BCUT2D eigenvalue weighted by atomic mass is 9.82. The highest BCUT2D eigenvalue weighted by molar-refractivity contribution is 5.65. The molecule has 1 aliphatic carbocycles. The molecule has 0 atom stereocenters. The first-order chi connectivity index (χ1) is 13.6. The SMILES string of the molecule is C/C=C/CCc1ccc(-c2ccc(C3CCC(OCC)CC3)c(F)c2)c(F)c1. The molecule has 1 nitrogen and oxygen atoms in total. The van der Waals surface area contributed by atoms with Gasteiger partial charge in [0.2, 0.25) is 0 Å². The van der Waals surface area contributed by atoms with Crippen molar-refractivity contribution < 1.29 is 13.5 Å². The van der Waals surface area contributed by atoms with Crippen LogP contribution in [0.4, 0.5) is 8.78 Å². The molecule has 0 amide bonds. The fourth-order valence-electron chi connectivity index (χ4n) is 4.17.